The Kier molecular flexibility index (Phi) is 15.8. The molecule has 0 amide bonds. The van der Waals surface area contributed by atoms with E-state index in [2.05, 4.69) is 65.6 Å². The fraction of sp³-hybridized carbons (Fsp3) is 0.243. The SMILES string of the molecule is C.CN/N=C(\Cl)c1sccc1Br.Cc1ccc(S(=O)(=O)n2nc(N3CCN(Cc4ccccc4)CC3)c3sccc32)cc1.Cc1ccc(S(=O)[O-])cc1. The number of fused-ring (bicyclic) bond motifs is 1. The molecule has 1 fully saturated rings. The molecule has 1 saturated heterocycles. The molecule has 0 spiro atoms. The van der Waals surface area contributed by atoms with Crippen LogP contribution < -0.4 is 10.3 Å². The van der Waals surface area contributed by atoms with Gasteiger partial charge in [0.1, 0.15) is 0 Å². The molecule has 1 unspecified atom stereocenters. The van der Waals surface area contributed by atoms with Gasteiger partial charge in [0.05, 0.1) is 20.0 Å². The lowest BCUT2D eigenvalue weighted by Gasteiger charge is -2.34. The van der Waals surface area contributed by atoms with Gasteiger partial charge in [-0.2, -0.15) is 17.6 Å². The summed E-state index contributed by atoms with van der Waals surface area (Å²) in [5, 5.41) is 12.8. The third-order valence-corrected chi connectivity index (χ3v) is 13.3. The number of nitrogens with one attached hydrogen (secondary N) is 1. The van der Waals surface area contributed by atoms with Crippen molar-refractivity contribution < 1.29 is 17.2 Å². The fourth-order valence-electron chi connectivity index (χ4n) is 5.20. The van der Waals surface area contributed by atoms with Crippen LogP contribution in [0.3, 0.4) is 0 Å². The van der Waals surface area contributed by atoms with Crippen molar-refractivity contribution in [3.63, 3.8) is 0 Å². The molecule has 0 bridgehead atoms. The van der Waals surface area contributed by atoms with Crippen LogP contribution in [0.5, 0.6) is 0 Å². The standard InChI is InChI=1S/C23H24N4O2S2.C7H8O2S.C6H6BrClN2S.CH4/c1-18-7-9-20(10-8-18)31(28,29)27-21-11-16-30-22(21)23(24-27)26-14-12-25(13-15-26)17-19-5-3-2-4-6-19;1-6-2-4-7(5-3-6)10(8)9;1-9-10-6(8)5-4(7)2-3-11-5;/h2-11,16H,12-15,17H2,1H3;2-5H,1H3,(H,8,9);2-3,9H,1H3;1H4/p-1/b;;10-6-;. The summed E-state index contributed by atoms with van der Waals surface area (Å²) < 4.78 is 50.3. The number of hydrogen-bond donors (Lipinski definition) is 1. The Labute approximate surface area is 335 Å². The van der Waals surface area contributed by atoms with Crippen LogP contribution in [0.25, 0.3) is 10.2 Å². The number of benzene rings is 3. The Morgan fingerprint density at radius 2 is 1.53 bits per heavy atom. The molecule has 3 aromatic carbocycles. The van der Waals surface area contributed by atoms with E-state index in [1.54, 1.807) is 66.1 Å². The van der Waals surface area contributed by atoms with E-state index >= 15 is 0 Å². The number of thiophene rings is 2. The number of aryl methyl sites for hydroxylation is 2. The van der Waals surface area contributed by atoms with E-state index in [1.165, 1.54) is 9.65 Å². The minimum absolute atomic E-state index is 0. The zero-order chi connectivity index (χ0) is 37.3. The van der Waals surface area contributed by atoms with Gasteiger partial charge in [-0.3, -0.25) is 9.11 Å². The summed E-state index contributed by atoms with van der Waals surface area (Å²) >= 11 is 10.2. The highest BCUT2D eigenvalue weighted by molar-refractivity contribution is 9.10. The van der Waals surface area contributed by atoms with Crippen LogP contribution in [0.4, 0.5) is 5.82 Å². The number of anilines is 1. The van der Waals surface area contributed by atoms with Crippen molar-refractivity contribution >= 4 is 92.5 Å². The van der Waals surface area contributed by atoms with Gasteiger partial charge in [-0.15, -0.1) is 27.8 Å². The Morgan fingerprint density at radius 1 is 0.925 bits per heavy atom. The van der Waals surface area contributed by atoms with Crippen molar-refractivity contribution in [1.29, 1.82) is 0 Å². The van der Waals surface area contributed by atoms with Gasteiger partial charge in [-0.25, -0.2) is 0 Å². The third-order valence-electron chi connectivity index (χ3n) is 7.93. The van der Waals surface area contributed by atoms with E-state index < -0.39 is 21.1 Å². The average Bonchev–Trinajstić information content (AvgIpc) is 3.88. The lowest BCUT2D eigenvalue weighted by Crippen LogP contribution is -2.46. The highest BCUT2D eigenvalue weighted by Gasteiger charge is 2.28. The molecule has 0 radical (unpaired) electrons. The first-order chi connectivity index (χ1) is 25.0. The van der Waals surface area contributed by atoms with Crippen LogP contribution in [0.1, 0.15) is 29.0 Å². The fourth-order valence-corrected chi connectivity index (χ4v) is 9.65. The first kappa shape index (κ1) is 42.3. The Hall–Kier alpha value is -3.41. The van der Waals surface area contributed by atoms with Gasteiger partial charge in [-0.05, 0) is 93.6 Å². The second-order valence-electron chi connectivity index (χ2n) is 11.6. The van der Waals surface area contributed by atoms with E-state index in [4.69, 9.17) is 11.6 Å². The largest absolute Gasteiger partial charge is 0.768 e. The summed E-state index contributed by atoms with van der Waals surface area (Å²) in [5.74, 6) is 0.764. The van der Waals surface area contributed by atoms with Gasteiger partial charge < -0.3 is 14.9 Å². The molecule has 10 nitrogen and oxygen atoms in total. The molecule has 0 saturated carbocycles. The number of nitrogens with zero attached hydrogens (tertiary/aromatic N) is 5. The molecule has 0 aliphatic carbocycles. The van der Waals surface area contributed by atoms with Gasteiger partial charge >= 0.3 is 0 Å². The molecular formula is C37H41BrClN6O4S4-. The number of aromatic nitrogens is 2. The Balaban J connectivity index is 0.000000234. The van der Waals surface area contributed by atoms with Crippen molar-refractivity contribution in [2.24, 2.45) is 5.10 Å². The number of hydrogen-bond acceptors (Lipinski definition) is 11. The molecule has 1 N–H and O–H groups in total. The lowest BCUT2D eigenvalue weighted by atomic mass is 10.2. The van der Waals surface area contributed by atoms with Gasteiger partial charge in [0, 0.05) is 49.1 Å². The number of halogens is 2. The Bertz CT molecular complexity index is 2220. The van der Waals surface area contributed by atoms with Crippen molar-refractivity contribution in [3.05, 3.63) is 128 Å². The van der Waals surface area contributed by atoms with E-state index in [0.717, 1.165) is 63.7 Å². The normalized spacial score (nSPS) is 14.0. The zero-order valence-corrected chi connectivity index (χ0v) is 34.2. The van der Waals surface area contributed by atoms with Crippen LogP contribution in [-0.2, 0) is 27.6 Å². The topological polar surface area (TPSA) is 123 Å². The van der Waals surface area contributed by atoms with Gasteiger partial charge in [-0.1, -0.05) is 84.8 Å². The molecule has 6 aromatic rings. The predicted octanol–water partition coefficient (Wildman–Crippen LogP) is 8.46. The van der Waals surface area contributed by atoms with E-state index in [-0.39, 0.29) is 12.3 Å². The van der Waals surface area contributed by atoms with Crippen molar-refractivity contribution in [3.8, 4) is 0 Å². The van der Waals surface area contributed by atoms with E-state index in [9.17, 15) is 17.2 Å². The van der Waals surface area contributed by atoms with Crippen molar-refractivity contribution in [2.75, 3.05) is 38.1 Å². The number of rotatable bonds is 8. The molecule has 282 valence electrons. The zero-order valence-electron chi connectivity index (χ0n) is 28.6. The quantitative estimate of drug-likeness (QED) is 0.0919. The maximum Gasteiger partial charge on any atom is 0.283 e. The minimum Gasteiger partial charge on any atom is -0.768 e. The molecule has 4 heterocycles. The molecule has 1 atom stereocenters. The molecule has 1 aliphatic heterocycles. The Morgan fingerprint density at radius 3 is 2.09 bits per heavy atom. The molecule has 53 heavy (non-hydrogen) atoms. The van der Waals surface area contributed by atoms with Crippen molar-refractivity contribution in [2.45, 2.75) is 37.6 Å². The smallest absolute Gasteiger partial charge is 0.283 e. The van der Waals surface area contributed by atoms with E-state index in [0.29, 0.717) is 15.6 Å². The molecule has 3 aromatic heterocycles. The number of piperazine rings is 1. The van der Waals surface area contributed by atoms with Gasteiger partial charge in [0.2, 0.25) is 0 Å². The summed E-state index contributed by atoms with van der Waals surface area (Å²) in [5.41, 5.74) is 6.67. The minimum atomic E-state index is -3.75. The third kappa shape index (κ3) is 11.1. The lowest BCUT2D eigenvalue weighted by molar-refractivity contribution is 0.249. The first-order valence-electron chi connectivity index (χ1n) is 16.1. The van der Waals surface area contributed by atoms with Crippen LogP contribution in [0, 0.1) is 13.8 Å². The molecular weight excluding hydrogens is 836 g/mol. The van der Waals surface area contributed by atoms with Gasteiger partial charge in [0.15, 0.2) is 11.0 Å². The van der Waals surface area contributed by atoms with Crippen molar-refractivity contribution in [1.82, 2.24) is 19.5 Å². The monoisotopic (exact) mass is 875 g/mol. The highest BCUT2D eigenvalue weighted by Crippen LogP contribution is 2.34. The highest BCUT2D eigenvalue weighted by atomic mass is 79.9. The average molecular weight is 877 g/mol. The van der Waals surface area contributed by atoms with Gasteiger partial charge in [0.25, 0.3) is 10.0 Å². The summed E-state index contributed by atoms with van der Waals surface area (Å²) in [6, 6.07) is 27.9. The second kappa shape index (κ2) is 19.8. The molecule has 16 heteroatoms. The summed E-state index contributed by atoms with van der Waals surface area (Å²) in [6.45, 7) is 8.26. The van der Waals surface area contributed by atoms with Crippen LogP contribution in [-0.4, -0.2) is 69.7 Å². The van der Waals surface area contributed by atoms with Crippen LogP contribution >= 0.6 is 50.2 Å². The molecule has 7 rings (SSSR count). The maximum atomic E-state index is 13.3. The van der Waals surface area contributed by atoms with Crippen LogP contribution in [0.2, 0.25) is 0 Å². The van der Waals surface area contributed by atoms with Crippen LogP contribution in [0.15, 0.2) is 121 Å². The second-order valence-corrected chi connectivity index (χ2v) is 17.4. The van der Waals surface area contributed by atoms with E-state index in [1.807, 2.05) is 54.9 Å². The summed E-state index contributed by atoms with van der Waals surface area (Å²) in [7, 11) is -2.03. The first-order valence-corrected chi connectivity index (χ1v) is 21.5. The maximum absolute atomic E-state index is 13.3. The predicted molar refractivity (Wildman–Crippen MR) is 224 cm³/mol. The summed E-state index contributed by atoms with van der Waals surface area (Å²) in [6.07, 6.45) is 0. The summed E-state index contributed by atoms with van der Waals surface area (Å²) in [4.78, 5) is 6.18. The number of hydrazone groups is 1. The molecule has 1 aliphatic rings.